The number of hydrogen-bond donors (Lipinski definition) is 2. The first kappa shape index (κ1) is 15.7. The third-order valence-corrected chi connectivity index (χ3v) is 4.75. The van der Waals surface area contributed by atoms with E-state index in [4.69, 9.17) is 5.73 Å². The van der Waals surface area contributed by atoms with Crippen LogP contribution in [-0.4, -0.2) is 14.5 Å². The quantitative estimate of drug-likeness (QED) is 0.890. The van der Waals surface area contributed by atoms with Crippen LogP contribution < -0.4 is 10.5 Å². The van der Waals surface area contributed by atoms with Crippen molar-refractivity contribution in [2.75, 3.05) is 0 Å². The van der Waals surface area contributed by atoms with Crippen LogP contribution in [0.5, 0.6) is 0 Å². The predicted octanol–water partition coefficient (Wildman–Crippen LogP) is 2.36. The Bertz CT molecular complexity index is 680. The molecule has 0 fully saturated rings. The van der Waals surface area contributed by atoms with E-state index >= 15 is 0 Å². The van der Waals surface area contributed by atoms with Crippen LogP contribution in [0, 0.1) is 6.92 Å². The molecule has 112 valence electrons. The molecule has 2 aromatic rings. The molecule has 0 saturated carbocycles. The second-order valence-corrected chi connectivity index (χ2v) is 6.90. The fourth-order valence-corrected chi connectivity index (χ4v) is 3.41. The molecule has 2 atom stereocenters. The van der Waals surface area contributed by atoms with Gasteiger partial charge in [-0.25, -0.2) is 13.1 Å². The van der Waals surface area contributed by atoms with E-state index in [1.807, 2.05) is 37.3 Å². The van der Waals surface area contributed by atoms with E-state index in [2.05, 4.69) is 4.72 Å². The number of nitrogens with two attached hydrogens (primary N) is 1. The fourth-order valence-electron chi connectivity index (χ4n) is 2.09. The summed E-state index contributed by atoms with van der Waals surface area (Å²) in [5.41, 5.74) is 7.82. The van der Waals surface area contributed by atoms with E-state index in [1.165, 1.54) is 0 Å². The summed E-state index contributed by atoms with van der Waals surface area (Å²) in [6.45, 7) is 3.70. The Hall–Kier alpha value is -1.69. The maximum absolute atomic E-state index is 12.5. The molecule has 0 bridgehead atoms. The van der Waals surface area contributed by atoms with Crippen molar-refractivity contribution in [2.24, 2.45) is 5.73 Å². The van der Waals surface area contributed by atoms with Gasteiger partial charge in [0.2, 0.25) is 10.0 Å². The van der Waals surface area contributed by atoms with Crippen molar-refractivity contribution < 1.29 is 8.42 Å². The predicted molar refractivity (Wildman–Crippen MR) is 84.3 cm³/mol. The van der Waals surface area contributed by atoms with Crippen molar-refractivity contribution in [2.45, 2.75) is 30.8 Å². The van der Waals surface area contributed by atoms with E-state index < -0.39 is 16.1 Å². The van der Waals surface area contributed by atoms with Gasteiger partial charge >= 0.3 is 0 Å². The largest absolute Gasteiger partial charge is 0.326 e. The smallest absolute Gasteiger partial charge is 0.241 e. The summed E-state index contributed by atoms with van der Waals surface area (Å²) >= 11 is 0. The fraction of sp³-hybridized carbons (Fsp3) is 0.250. The molecule has 0 aliphatic rings. The lowest BCUT2D eigenvalue weighted by Gasteiger charge is -2.22. The third kappa shape index (κ3) is 3.91. The Morgan fingerprint density at radius 2 is 1.57 bits per heavy atom. The van der Waals surface area contributed by atoms with Crippen LogP contribution in [0.4, 0.5) is 0 Å². The van der Waals surface area contributed by atoms with Gasteiger partial charge in [0.1, 0.15) is 0 Å². The van der Waals surface area contributed by atoms with Gasteiger partial charge in [0, 0.05) is 6.04 Å². The lowest BCUT2D eigenvalue weighted by atomic mass is 10.0. The van der Waals surface area contributed by atoms with Gasteiger partial charge in [-0.1, -0.05) is 48.0 Å². The summed E-state index contributed by atoms with van der Waals surface area (Å²) in [4.78, 5) is 0.245. The first-order chi connectivity index (χ1) is 9.90. The van der Waals surface area contributed by atoms with Crippen LogP contribution in [0.3, 0.4) is 0 Å². The van der Waals surface area contributed by atoms with Gasteiger partial charge in [0.25, 0.3) is 0 Å². The molecule has 0 heterocycles. The van der Waals surface area contributed by atoms with Crippen LogP contribution in [0.2, 0.25) is 0 Å². The lowest BCUT2D eigenvalue weighted by Crippen LogP contribution is -2.39. The van der Waals surface area contributed by atoms with Crippen LogP contribution in [0.15, 0.2) is 59.5 Å². The van der Waals surface area contributed by atoms with Crippen molar-refractivity contribution in [1.82, 2.24) is 4.72 Å². The van der Waals surface area contributed by atoms with Crippen LogP contribution in [-0.2, 0) is 10.0 Å². The molecule has 21 heavy (non-hydrogen) atoms. The highest BCUT2D eigenvalue weighted by Gasteiger charge is 2.23. The molecule has 2 aromatic carbocycles. The van der Waals surface area contributed by atoms with Gasteiger partial charge < -0.3 is 5.73 Å². The van der Waals surface area contributed by atoms with Gasteiger partial charge in [0.05, 0.1) is 10.9 Å². The van der Waals surface area contributed by atoms with E-state index in [0.29, 0.717) is 0 Å². The molecule has 0 aliphatic heterocycles. The van der Waals surface area contributed by atoms with Crippen LogP contribution >= 0.6 is 0 Å². The molecule has 0 saturated heterocycles. The highest BCUT2D eigenvalue weighted by atomic mass is 32.2. The van der Waals surface area contributed by atoms with Crippen molar-refractivity contribution in [3.05, 3.63) is 65.7 Å². The zero-order valence-electron chi connectivity index (χ0n) is 12.2. The van der Waals surface area contributed by atoms with Crippen molar-refractivity contribution in [3.63, 3.8) is 0 Å². The van der Waals surface area contributed by atoms with E-state index in [9.17, 15) is 8.42 Å². The first-order valence-corrected chi connectivity index (χ1v) is 8.28. The number of rotatable bonds is 5. The van der Waals surface area contributed by atoms with Crippen LogP contribution in [0.25, 0.3) is 0 Å². The molecule has 4 nitrogen and oxygen atoms in total. The number of sulfonamides is 1. The lowest BCUT2D eigenvalue weighted by molar-refractivity contribution is 0.513. The number of nitrogens with one attached hydrogen (secondary N) is 1. The highest BCUT2D eigenvalue weighted by molar-refractivity contribution is 7.89. The average Bonchev–Trinajstić information content (AvgIpc) is 2.46. The Morgan fingerprint density at radius 3 is 2.10 bits per heavy atom. The summed E-state index contributed by atoms with van der Waals surface area (Å²) < 4.78 is 27.6. The number of benzene rings is 2. The first-order valence-electron chi connectivity index (χ1n) is 6.79. The number of aryl methyl sites for hydroxylation is 1. The summed E-state index contributed by atoms with van der Waals surface area (Å²) in [5, 5.41) is 0. The Labute approximate surface area is 126 Å². The molecule has 0 spiro atoms. The van der Waals surface area contributed by atoms with Gasteiger partial charge in [-0.15, -0.1) is 0 Å². The van der Waals surface area contributed by atoms with E-state index in [-0.39, 0.29) is 10.9 Å². The maximum Gasteiger partial charge on any atom is 0.241 e. The van der Waals surface area contributed by atoms with Gasteiger partial charge in [0.15, 0.2) is 0 Å². The average molecular weight is 304 g/mol. The Kier molecular flexibility index (Phi) is 4.77. The van der Waals surface area contributed by atoms with E-state index in [1.54, 1.807) is 31.2 Å². The second-order valence-electron chi connectivity index (χ2n) is 5.18. The molecular weight excluding hydrogens is 284 g/mol. The minimum atomic E-state index is -3.60. The molecule has 5 heteroatoms. The van der Waals surface area contributed by atoms with Crippen molar-refractivity contribution in [3.8, 4) is 0 Å². The highest BCUT2D eigenvalue weighted by Crippen LogP contribution is 2.19. The van der Waals surface area contributed by atoms with Crippen LogP contribution in [0.1, 0.15) is 24.1 Å². The van der Waals surface area contributed by atoms with Crippen molar-refractivity contribution in [1.29, 1.82) is 0 Å². The van der Waals surface area contributed by atoms with Gasteiger partial charge in [-0.3, -0.25) is 0 Å². The molecule has 0 aliphatic carbocycles. The summed E-state index contributed by atoms with van der Waals surface area (Å²) in [7, 11) is -3.60. The normalized spacial score (nSPS) is 14.6. The van der Waals surface area contributed by atoms with Gasteiger partial charge in [-0.05, 0) is 31.5 Å². The molecule has 3 N–H and O–H groups in total. The maximum atomic E-state index is 12.5. The summed E-state index contributed by atoms with van der Waals surface area (Å²) in [6.07, 6.45) is 0. The molecule has 2 rings (SSSR count). The zero-order valence-corrected chi connectivity index (χ0v) is 13.0. The van der Waals surface area contributed by atoms with Gasteiger partial charge in [-0.2, -0.15) is 0 Å². The standard InChI is InChI=1S/C16H20N2O2S/c1-12-8-10-15(11-9-12)21(19,20)18-16(13(2)17)14-6-4-3-5-7-14/h3-11,13,16,18H,17H2,1-2H3/t13-,16-/m0/s1. The van der Waals surface area contributed by atoms with E-state index in [0.717, 1.165) is 11.1 Å². The third-order valence-electron chi connectivity index (χ3n) is 3.30. The minimum Gasteiger partial charge on any atom is -0.326 e. The number of hydrogen-bond acceptors (Lipinski definition) is 3. The monoisotopic (exact) mass is 304 g/mol. The second kappa shape index (κ2) is 6.39. The molecular formula is C16H20N2O2S. The Balaban J connectivity index is 2.30. The zero-order chi connectivity index (χ0) is 15.5. The molecule has 0 unspecified atom stereocenters. The molecule has 0 radical (unpaired) electrons. The SMILES string of the molecule is Cc1ccc(S(=O)(=O)N[C@H](c2ccccc2)[C@H](C)N)cc1. The Morgan fingerprint density at radius 1 is 1.00 bits per heavy atom. The molecule has 0 aromatic heterocycles. The minimum absolute atomic E-state index is 0.245. The topological polar surface area (TPSA) is 72.2 Å². The van der Waals surface area contributed by atoms with Crippen molar-refractivity contribution >= 4 is 10.0 Å². The summed E-state index contributed by atoms with van der Waals surface area (Å²) in [5.74, 6) is 0. The summed E-state index contributed by atoms with van der Waals surface area (Å²) in [6, 6.07) is 15.3. The molecule has 0 amide bonds.